The number of carbonyl (C=O) groups is 1. The third-order valence-electron chi connectivity index (χ3n) is 4.25. The first kappa shape index (κ1) is 19.2. The Morgan fingerprint density at radius 3 is 2.58 bits per heavy atom. The highest BCUT2D eigenvalue weighted by atomic mass is 32.2. The average Bonchev–Trinajstić information content (AvgIpc) is 2.54. The number of hydrogen-bond acceptors (Lipinski definition) is 3. The molecule has 1 saturated heterocycles. The minimum absolute atomic E-state index is 0.251. The van der Waals surface area contributed by atoms with E-state index in [-0.39, 0.29) is 10.7 Å². The Labute approximate surface area is 151 Å². The van der Waals surface area contributed by atoms with Crippen LogP contribution in [-0.4, -0.2) is 40.5 Å². The average molecular weight is 350 g/mol. The standard InChI is InChI=1S/C20H31NO2S/c1-5-23-18-11-9-16(10-12-18)14-19(22)21-13-7-6-8-17(21)15-24-20(2,3)4/h9-12,17H,5-8,13-15H2,1-4H3/t17-/m1/s1. The molecule has 1 aliphatic rings. The Morgan fingerprint density at radius 1 is 1.25 bits per heavy atom. The molecule has 1 fully saturated rings. The molecule has 3 nitrogen and oxygen atoms in total. The molecule has 1 heterocycles. The number of amides is 1. The molecule has 2 rings (SSSR count). The second-order valence-corrected chi connectivity index (χ2v) is 9.26. The summed E-state index contributed by atoms with van der Waals surface area (Å²) in [5.74, 6) is 2.17. The summed E-state index contributed by atoms with van der Waals surface area (Å²) < 4.78 is 5.72. The molecule has 0 aromatic heterocycles. The van der Waals surface area contributed by atoms with Crippen molar-refractivity contribution < 1.29 is 9.53 Å². The quantitative estimate of drug-likeness (QED) is 0.755. The molecule has 0 aliphatic carbocycles. The Morgan fingerprint density at radius 2 is 1.96 bits per heavy atom. The van der Waals surface area contributed by atoms with Crippen molar-refractivity contribution in [2.75, 3.05) is 18.9 Å². The fourth-order valence-electron chi connectivity index (χ4n) is 2.99. The third kappa shape index (κ3) is 6.04. The molecule has 1 atom stereocenters. The zero-order valence-electron chi connectivity index (χ0n) is 15.5. The maximum Gasteiger partial charge on any atom is 0.227 e. The van der Waals surface area contributed by atoms with Gasteiger partial charge in [0.25, 0.3) is 0 Å². The minimum Gasteiger partial charge on any atom is -0.494 e. The van der Waals surface area contributed by atoms with Crippen LogP contribution in [0.25, 0.3) is 0 Å². The van der Waals surface area contributed by atoms with Crippen LogP contribution in [0.1, 0.15) is 52.5 Å². The van der Waals surface area contributed by atoms with E-state index in [2.05, 4.69) is 25.7 Å². The van der Waals surface area contributed by atoms with Crippen molar-refractivity contribution in [3.05, 3.63) is 29.8 Å². The maximum atomic E-state index is 12.8. The predicted molar refractivity (Wildman–Crippen MR) is 103 cm³/mol. The second-order valence-electron chi connectivity index (χ2n) is 7.41. The Hall–Kier alpha value is -1.16. The first-order valence-electron chi connectivity index (χ1n) is 9.04. The number of ether oxygens (including phenoxy) is 1. The van der Waals surface area contributed by atoms with Gasteiger partial charge in [-0.15, -0.1) is 0 Å². The van der Waals surface area contributed by atoms with Gasteiger partial charge in [-0.25, -0.2) is 0 Å². The summed E-state index contributed by atoms with van der Waals surface area (Å²) in [6.45, 7) is 10.3. The molecule has 0 bridgehead atoms. The normalized spacial score (nSPS) is 18.5. The van der Waals surface area contributed by atoms with E-state index < -0.39 is 0 Å². The molecule has 0 spiro atoms. The van der Waals surface area contributed by atoms with Crippen LogP contribution >= 0.6 is 11.8 Å². The van der Waals surface area contributed by atoms with Gasteiger partial charge >= 0.3 is 0 Å². The van der Waals surface area contributed by atoms with E-state index in [1.54, 1.807) is 0 Å². The van der Waals surface area contributed by atoms with E-state index in [1.807, 2.05) is 43.0 Å². The van der Waals surface area contributed by atoms with Crippen LogP contribution in [0.5, 0.6) is 5.75 Å². The van der Waals surface area contributed by atoms with Gasteiger partial charge in [-0.3, -0.25) is 4.79 Å². The summed E-state index contributed by atoms with van der Waals surface area (Å²) >= 11 is 1.96. The molecule has 0 radical (unpaired) electrons. The van der Waals surface area contributed by atoms with Gasteiger partial charge in [-0.1, -0.05) is 32.9 Å². The monoisotopic (exact) mass is 349 g/mol. The van der Waals surface area contributed by atoms with E-state index in [1.165, 1.54) is 6.42 Å². The Balaban J connectivity index is 1.95. The maximum absolute atomic E-state index is 12.8. The van der Waals surface area contributed by atoms with Gasteiger partial charge < -0.3 is 9.64 Å². The highest BCUT2D eigenvalue weighted by molar-refractivity contribution is 8.00. The number of carbonyl (C=O) groups excluding carboxylic acids is 1. The van der Waals surface area contributed by atoms with E-state index in [9.17, 15) is 4.79 Å². The molecule has 0 saturated carbocycles. The number of benzene rings is 1. The topological polar surface area (TPSA) is 29.5 Å². The molecule has 134 valence electrons. The molecule has 1 amide bonds. The van der Waals surface area contributed by atoms with E-state index >= 15 is 0 Å². The van der Waals surface area contributed by atoms with Gasteiger partial charge in [-0.05, 0) is 43.9 Å². The number of likely N-dealkylation sites (tertiary alicyclic amines) is 1. The number of hydrogen-bond donors (Lipinski definition) is 0. The van der Waals surface area contributed by atoms with Crippen molar-refractivity contribution in [2.24, 2.45) is 0 Å². The Kier molecular flexibility index (Phi) is 7.02. The highest BCUT2D eigenvalue weighted by Gasteiger charge is 2.28. The molecule has 1 aliphatic heterocycles. The lowest BCUT2D eigenvalue weighted by molar-refractivity contribution is -0.133. The van der Waals surface area contributed by atoms with Gasteiger partial charge in [0.05, 0.1) is 13.0 Å². The van der Waals surface area contributed by atoms with Gasteiger partial charge in [0.1, 0.15) is 5.75 Å². The fraction of sp³-hybridized carbons (Fsp3) is 0.650. The van der Waals surface area contributed by atoms with Crippen LogP contribution in [0.2, 0.25) is 0 Å². The van der Waals surface area contributed by atoms with Gasteiger partial charge in [-0.2, -0.15) is 11.8 Å². The number of piperidine rings is 1. The summed E-state index contributed by atoms with van der Waals surface area (Å²) in [5, 5.41) is 0. The van der Waals surface area contributed by atoms with Gasteiger partial charge in [0.2, 0.25) is 5.91 Å². The summed E-state index contributed by atoms with van der Waals surface area (Å²) in [5.41, 5.74) is 1.07. The van der Waals surface area contributed by atoms with Crippen LogP contribution in [0.4, 0.5) is 0 Å². The highest BCUT2D eigenvalue weighted by Crippen LogP contribution is 2.29. The van der Waals surface area contributed by atoms with E-state index in [0.29, 0.717) is 19.1 Å². The Bertz CT molecular complexity index is 521. The van der Waals surface area contributed by atoms with Crippen LogP contribution < -0.4 is 4.74 Å². The van der Waals surface area contributed by atoms with Crippen LogP contribution in [0, 0.1) is 0 Å². The van der Waals surface area contributed by atoms with Crippen LogP contribution in [0.15, 0.2) is 24.3 Å². The van der Waals surface area contributed by atoms with Gasteiger partial charge in [0.15, 0.2) is 0 Å². The lowest BCUT2D eigenvalue weighted by atomic mass is 10.0. The summed E-state index contributed by atoms with van der Waals surface area (Å²) in [6.07, 6.45) is 4.00. The first-order chi connectivity index (χ1) is 11.4. The lowest BCUT2D eigenvalue weighted by Crippen LogP contribution is -2.46. The molecular formula is C20H31NO2S. The zero-order valence-corrected chi connectivity index (χ0v) is 16.3. The molecule has 4 heteroatoms. The third-order valence-corrected chi connectivity index (χ3v) is 5.66. The number of nitrogens with zero attached hydrogens (tertiary/aromatic N) is 1. The van der Waals surface area contributed by atoms with Crippen molar-refractivity contribution in [3.63, 3.8) is 0 Å². The largest absolute Gasteiger partial charge is 0.494 e. The van der Waals surface area contributed by atoms with Crippen molar-refractivity contribution in [1.82, 2.24) is 4.90 Å². The first-order valence-corrected chi connectivity index (χ1v) is 10.0. The van der Waals surface area contributed by atoms with Crippen LogP contribution in [-0.2, 0) is 11.2 Å². The van der Waals surface area contributed by atoms with Gasteiger partial charge in [0, 0.05) is 23.1 Å². The predicted octanol–water partition coefficient (Wildman–Crippen LogP) is 4.54. The molecule has 1 aromatic carbocycles. The molecule has 24 heavy (non-hydrogen) atoms. The SMILES string of the molecule is CCOc1ccc(CC(=O)N2CCCC[C@@H]2CSC(C)(C)C)cc1. The smallest absolute Gasteiger partial charge is 0.227 e. The second kappa shape index (κ2) is 8.80. The molecule has 0 N–H and O–H groups in total. The van der Waals surface area contributed by atoms with Crippen LogP contribution in [0.3, 0.4) is 0 Å². The van der Waals surface area contributed by atoms with Crippen molar-refractivity contribution >= 4 is 17.7 Å². The van der Waals surface area contributed by atoms with E-state index in [0.717, 1.165) is 36.5 Å². The number of thioether (sulfide) groups is 1. The summed E-state index contributed by atoms with van der Waals surface area (Å²) in [4.78, 5) is 14.9. The van der Waals surface area contributed by atoms with Crippen molar-refractivity contribution in [1.29, 1.82) is 0 Å². The van der Waals surface area contributed by atoms with Crippen molar-refractivity contribution in [3.8, 4) is 5.75 Å². The fourth-order valence-corrected chi connectivity index (χ4v) is 4.03. The molecule has 0 unspecified atom stereocenters. The molecular weight excluding hydrogens is 318 g/mol. The van der Waals surface area contributed by atoms with Crippen molar-refractivity contribution in [2.45, 2.75) is 64.2 Å². The lowest BCUT2D eigenvalue weighted by Gasteiger charge is -2.37. The number of rotatable bonds is 6. The molecule has 1 aromatic rings. The van der Waals surface area contributed by atoms with E-state index in [4.69, 9.17) is 4.74 Å². The summed E-state index contributed by atoms with van der Waals surface area (Å²) in [7, 11) is 0. The zero-order chi connectivity index (χ0) is 17.6. The minimum atomic E-state index is 0.251. The summed E-state index contributed by atoms with van der Waals surface area (Å²) in [6, 6.07) is 8.31.